The number of hydrogen-bond acceptors (Lipinski definition) is 4. The maximum absolute atomic E-state index is 11.6. The molecule has 1 fully saturated rings. The van der Waals surface area contributed by atoms with E-state index in [1.54, 1.807) is 0 Å². The van der Waals surface area contributed by atoms with E-state index in [1.165, 1.54) is 11.8 Å². The van der Waals surface area contributed by atoms with Gasteiger partial charge in [-0.05, 0) is 25.8 Å². The first-order valence-electron chi connectivity index (χ1n) is 5.32. The summed E-state index contributed by atoms with van der Waals surface area (Å²) in [5, 5.41) is 11.5. The van der Waals surface area contributed by atoms with Gasteiger partial charge >= 0.3 is 5.97 Å². The summed E-state index contributed by atoms with van der Waals surface area (Å²) in [5.41, 5.74) is 1.54. The first kappa shape index (κ1) is 10.9. The van der Waals surface area contributed by atoms with E-state index in [0.717, 1.165) is 5.57 Å². The van der Waals surface area contributed by atoms with Crippen molar-refractivity contribution in [1.82, 2.24) is 0 Å². The number of oxime groups is 1. The number of nitrogens with zero attached hydrogens (tertiary/aromatic N) is 1. The summed E-state index contributed by atoms with van der Waals surface area (Å²) in [6.07, 6.45) is 6.53. The van der Waals surface area contributed by atoms with Gasteiger partial charge in [-0.3, -0.25) is 4.79 Å². The van der Waals surface area contributed by atoms with Gasteiger partial charge in [0.25, 0.3) is 0 Å². The van der Waals surface area contributed by atoms with Crippen LogP contribution in [0, 0.1) is 5.41 Å². The Morgan fingerprint density at radius 2 is 2.50 bits per heavy atom. The zero-order valence-corrected chi connectivity index (χ0v) is 9.43. The molecular formula is C12H15NO3. The molecule has 86 valence electrons. The number of ether oxygens (including phenoxy) is 1. The summed E-state index contributed by atoms with van der Waals surface area (Å²) in [6.45, 7) is 4.01. The van der Waals surface area contributed by atoms with Crippen molar-refractivity contribution < 1.29 is 14.7 Å². The number of carbonyl (C=O) groups is 1. The molecule has 2 atom stereocenters. The van der Waals surface area contributed by atoms with Crippen LogP contribution in [0.4, 0.5) is 0 Å². The van der Waals surface area contributed by atoms with Crippen molar-refractivity contribution in [3.05, 3.63) is 23.3 Å². The van der Waals surface area contributed by atoms with Gasteiger partial charge in [0.15, 0.2) is 0 Å². The number of allylic oxidation sites excluding steroid dienone is 2. The Bertz CT molecular complexity index is 404. The van der Waals surface area contributed by atoms with Gasteiger partial charge in [0.2, 0.25) is 0 Å². The molecule has 0 aromatic rings. The molecule has 1 saturated heterocycles. The van der Waals surface area contributed by atoms with Crippen LogP contribution in [0.1, 0.15) is 26.7 Å². The van der Waals surface area contributed by atoms with Gasteiger partial charge in [0.05, 0.1) is 6.21 Å². The van der Waals surface area contributed by atoms with Gasteiger partial charge in [-0.25, -0.2) is 0 Å². The molecule has 16 heavy (non-hydrogen) atoms. The highest BCUT2D eigenvalue weighted by atomic mass is 16.6. The van der Waals surface area contributed by atoms with Crippen LogP contribution in [0.15, 0.2) is 28.5 Å². The lowest BCUT2D eigenvalue weighted by Crippen LogP contribution is -2.52. The zero-order chi connectivity index (χ0) is 11.8. The van der Waals surface area contributed by atoms with Crippen molar-refractivity contribution >= 4 is 12.2 Å². The van der Waals surface area contributed by atoms with Crippen LogP contribution >= 0.6 is 0 Å². The lowest BCUT2D eigenvalue weighted by molar-refractivity contribution is -0.194. The average molecular weight is 221 g/mol. The van der Waals surface area contributed by atoms with Gasteiger partial charge in [-0.15, -0.1) is 0 Å². The van der Waals surface area contributed by atoms with E-state index in [2.05, 4.69) is 5.16 Å². The van der Waals surface area contributed by atoms with Crippen molar-refractivity contribution in [2.75, 3.05) is 0 Å². The van der Waals surface area contributed by atoms with Crippen molar-refractivity contribution in [2.45, 2.75) is 32.8 Å². The summed E-state index contributed by atoms with van der Waals surface area (Å²) in [6, 6.07) is 0. The summed E-state index contributed by atoms with van der Waals surface area (Å²) in [5.74, 6) is -0.170. The van der Waals surface area contributed by atoms with E-state index >= 15 is 0 Å². The van der Waals surface area contributed by atoms with Crippen LogP contribution in [0.5, 0.6) is 0 Å². The quantitative estimate of drug-likeness (QED) is 0.261. The molecule has 0 saturated carbocycles. The second-order valence-electron chi connectivity index (χ2n) is 4.59. The smallest absolute Gasteiger partial charge is 0.320 e. The Labute approximate surface area is 94.3 Å². The Morgan fingerprint density at radius 3 is 3.06 bits per heavy atom. The average Bonchev–Trinajstić information content (AvgIpc) is 2.49. The molecule has 0 radical (unpaired) electrons. The SMILES string of the molecule is CC(C)=CC[C@@]12C=C(/C=N/O)C[C@@H]1OC2=O. The largest absolute Gasteiger partial charge is 0.460 e. The number of carbonyl (C=O) groups excluding carboxylic acids is 1. The number of esters is 1. The molecule has 0 aromatic carbocycles. The van der Waals surface area contributed by atoms with E-state index < -0.39 is 5.41 Å². The topological polar surface area (TPSA) is 58.9 Å². The normalized spacial score (nSPS) is 31.8. The minimum Gasteiger partial charge on any atom is -0.460 e. The molecule has 0 amide bonds. The van der Waals surface area contributed by atoms with Crippen LogP contribution in [0.2, 0.25) is 0 Å². The monoisotopic (exact) mass is 221 g/mol. The third-order valence-corrected chi connectivity index (χ3v) is 3.14. The first-order valence-corrected chi connectivity index (χ1v) is 5.32. The molecule has 0 aromatic heterocycles. The fourth-order valence-electron chi connectivity index (χ4n) is 2.21. The fraction of sp³-hybridized carbons (Fsp3) is 0.500. The van der Waals surface area contributed by atoms with Crippen LogP contribution in [-0.4, -0.2) is 23.5 Å². The van der Waals surface area contributed by atoms with E-state index in [1.807, 2.05) is 26.0 Å². The van der Waals surface area contributed by atoms with Crippen LogP contribution in [0.25, 0.3) is 0 Å². The molecule has 1 aliphatic heterocycles. The van der Waals surface area contributed by atoms with E-state index in [9.17, 15) is 4.79 Å². The maximum Gasteiger partial charge on any atom is 0.320 e. The Hall–Kier alpha value is -1.58. The molecule has 1 aliphatic carbocycles. The van der Waals surface area contributed by atoms with E-state index in [0.29, 0.717) is 12.8 Å². The molecule has 2 aliphatic rings. The lowest BCUT2D eigenvalue weighted by Gasteiger charge is -2.41. The highest BCUT2D eigenvalue weighted by molar-refractivity contribution is 5.91. The van der Waals surface area contributed by atoms with Gasteiger partial charge in [-0.1, -0.05) is 22.9 Å². The number of rotatable bonds is 3. The van der Waals surface area contributed by atoms with Crippen molar-refractivity contribution in [2.24, 2.45) is 10.6 Å². The highest BCUT2D eigenvalue weighted by Crippen LogP contribution is 2.49. The molecule has 1 heterocycles. The number of fused-ring (bicyclic) bond motifs is 1. The van der Waals surface area contributed by atoms with Gasteiger partial charge < -0.3 is 9.94 Å². The third kappa shape index (κ3) is 1.54. The van der Waals surface area contributed by atoms with E-state index in [4.69, 9.17) is 9.94 Å². The standard InChI is InChI=1S/C12H15NO3/c1-8(2)3-4-12-6-9(7-13-15)5-10(12)16-11(12)14/h3,6-7,10,15H,4-5H2,1-2H3/b13-7+/t10-,12+/m0/s1. The van der Waals surface area contributed by atoms with Gasteiger partial charge in [0.1, 0.15) is 11.5 Å². The Morgan fingerprint density at radius 1 is 1.75 bits per heavy atom. The highest BCUT2D eigenvalue weighted by Gasteiger charge is 2.58. The van der Waals surface area contributed by atoms with Crippen LogP contribution in [0.3, 0.4) is 0 Å². The molecule has 2 rings (SSSR count). The van der Waals surface area contributed by atoms with Gasteiger partial charge in [0, 0.05) is 6.42 Å². The summed E-state index contributed by atoms with van der Waals surface area (Å²) < 4.78 is 5.11. The second-order valence-corrected chi connectivity index (χ2v) is 4.59. The Kier molecular flexibility index (Phi) is 2.58. The van der Waals surface area contributed by atoms with Gasteiger partial charge in [-0.2, -0.15) is 0 Å². The second kappa shape index (κ2) is 3.77. The fourth-order valence-corrected chi connectivity index (χ4v) is 2.21. The maximum atomic E-state index is 11.6. The van der Waals surface area contributed by atoms with E-state index in [-0.39, 0.29) is 12.1 Å². The number of hydrogen-bond donors (Lipinski definition) is 1. The summed E-state index contributed by atoms with van der Waals surface area (Å²) in [7, 11) is 0. The molecule has 0 bridgehead atoms. The van der Waals surface area contributed by atoms with Crippen molar-refractivity contribution in [3.63, 3.8) is 0 Å². The van der Waals surface area contributed by atoms with Crippen molar-refractivity contribution in [3.8, 4) is 0 Å². The molecule has 4 heteroatoms. The summed E-state index contributed by atoms with van der Waals surface area (Å²) in [4.78, 5) is 11.6. The molecule has 0 unspecified atom stereocenters. The van der Waals surface area contributed by atoms with Crippen molar-refractivity contribution in [1.29, 1.82) is 0 Å². The lowest BCUT2D eigenvalue weighted by atomic mass is 9.77. The molecular weight excluding hydrogens is 206 g/mol. The van der Waals surface area contributed by atoms with Crippen LogP contribution < -0.4 is 0 Å². The minimum absolute atomic E-state index is 0.0800. The molecule has 1 N–H and O–H groups in total. The Balaban J connectivity index is 2.22. The van der Waals surface area contributed by atoms with Crippen LogP contribution in [-0.2, 0) is 9.53 Å². The third-order valence-electron chi connectivity index (χ3n) is 3.14. The summed E-state index contributed by atoms with van der Waals surface area (Å²) >= 11 is 0. The zero-order valence-electron chi connectivity index (χ0n) is 9.43. The predicted octanol–water partition coefficient (Wildman–Crippen LogP) is 2.04. The minimum atomic E-state index is -0.506. The predicted molar refractivity (Wildman–Crippen MR) is 59.3 cm³/mol. The first-order chi connectivity index (χ1) is 7.58. The molecule has 4 nitrogen and oxygen atoms in total. The molecule has 0 spiro atoms.